The summed E-state index contributed by atoms with van der Waals surface area (Å²) < 4.78 is 10.7. The highest BCUT2D eigenvalue weighted by molar-refractivity contribution is 6.37. The number of benzene rings is 3. The van der Waals surface area contributed by atoms with Gasteiger partial charge in [-0.1, -0.05) is 71.7 Å². The van der Waals surface area contributed by atoms with Gasteiger partial charge in [0.25, 0.3) is 0 Å². The van der Waals surface area contributed by atoms with Crippen LogP contribution in [0.15, 0.2) is 89.6 Å². The minimum absolute atomic E-state index is 0.0503. The predicted molar refractivity (Wildman–Crippen MR) is 125 cm³/mol. The molecule has 4 rings (SSSR count). The summed E-state index contributed by atoms with van der Waals surface area (Å²) in [6.45, 7) is 0. The van der Waals surface area contributed by atoms with Crippen molar-refractivity contribution < 1.29 is 19.1 Å². The SMILES string of the molecule is O=C(/C=C/c1ccccc1)Oc1ccccc1/C=C1/N=C(c2ccc(Cl)cc2Cl)OC1=O. The molecule has 1 aliphatic rings. The van der Waals surface area contributed by atoms with Crippen LogP contribution in [0.1, 0.15) is 16.7 Å². The van der Waals surface area contributed by atoms with E-state index in [1.165, 1.54) is 18.2 Å². The van der Waals surface area contributed by atoms with Crippen molar-refractivity contribution in [3.05, 3.63) is 111 Å². The number of hydrogen-bond acceptors (Lipinski definition) is 5. The fourth-order valence-corrected chi connectivity index (χ4v) is 3.39. The van der Waals surface area contributed by atoms with Gasteiger partial charge in [0.2, 0.25) is 5.90 Å². The zero-order chi connectivity index (χ0) is 22.5. The van der Waals surface area contributed by atoms with Crippen LogP contribution in [0.2, 0.25) is 10.0 Å². The Hall–Kier alpha value is -3.67. The molecule has 0 radical (unpaired) electrons. The van der Waals surface area contributed by atoms with Crippen LogP contribution in [0.5, 0.6) is 5.75 Å². The van der Waals surface area contributed by atoms with E-state index in [2.05, 4.69) is 4.99 Å². The fourth-order valence-electron chi connectivity index (χ4n) is 2.90. The van der Waals surface area contributed by atoms with Gasteiger partial charge in [-0.25, -0.2) is 14.6 Å². The highest BCUT2D eigenvalue weighted by atomic mass is 35.5. The van der Waals surface area contributed by atoms with Gasteiger partial charge in [0.05, 0.1) is 10.6 Å². The molecular formula is C25H15Cl2NO4. The van der Waals surface area contributed by atoms with E-state index in [1.54, 1.807) is 42.5 Å². The molecule has 0 bridgehead atoms. The van der Waals surface area contributed by atoms with Crippen molar-refractivity contribution in [2.24, 2.45) is 4.99 Å². The molecule has 1 heterocycles. The molecule has 0 unspecified atom stereocenters. The first kappa shape index (κ1) is 21.6. The molecular weight excluding hydrogens is 449 g/mol. The third-order valence-electron chi connectivity index (χ3n) is 4.42. The van der Waals surface area contributed by atoms with Crippen LogP contribution in [0.3, 0.4) is 0 Å². The highest BCUT2D eigenvalue weighted by Crippen LogP contribution is 2.28. The summed E-state index contributed by atoms with van der Waals surface area (Å²) in [5.41, 5.74) is 1.86. The minimum Gasteiger partial charge on any atom is -0.423 e. The molecule has 1 aliphatic heterocycles. The number of carbonyl (C=O) groups excluding carboxylic acids is 2. The van der Waals surface area contributed by atoms with Gasteiger partial charge in [0, 0.05) is 16.7 Å². The number of aliphatic imine (C=N–C) groups is 1. The molecule has 5 nitrogen and oxygen atoms in total. The van der Waals surface area contributed by atoms with Gasteiger partial charge in [0.15, 0.2) is 5.70 Å². The average Bonchev–Trinajstić information content (AvgIpc) is 3.14. The van der Waals surface area contributed by atoms with Crippen LogP contribution in [0.4, 0.5) is 0 Å². The highest BCUT2D eigenvalue weighted by Gasteiger charge is 2.26. The first-order valence-electron chi connectivity index (χ1n) is 9.51. The quantitative estimate of drug-likeness (QED) is 0.266. The van der Waals surface area contributed by atoms with E-state index in [4.69, 9.17) is 32.7 Å². The second-order valence-electron chi connectivity index (χ2n) is 6.66. The zero-order valence-corrected chi connectivity index (χ0v) is 18.0. The zero-order valence-electron chi connectivity index (χ0n) is 16.5. The standard InChI is InChI=1S/C25H15Cl2NO4/c26-18-11-12-19(20(27)15-18)24-28-21(25(30)32-24)14-17-8-4-5-9-22(17)31-23(29)13-10-16-6-2-1-3-7-16/h1-15H/b13-10+,21-14+. The summed E-state index contributed by atoms with van der Waals surface area (Å²) in [6.07, 6.45) is 4.48. The number of esters is 2. The van der Waals surface area contributed by atoms with E-state index in [-0.39, 0.29) is 17.3 Å². The largest absolute Gasteiger partial charge is 0.423 e. The third kappa shape index (κ3) is 5.14. The summed E-state index contributed by atoms with van der Waals surface area (Å²) >= 11 is 12.1. The van der Waals surface area contributed by atoms with Crippen molar-refractivity contribution >= 4 is 53.2 Å². The fraction of sp³-hybridized carbons (Fsp3) is 0. The summed E-state index contributed by atoms with van der Waals surface area (Å²) in [5, 5.41) is 0.765. The Labute approximate surface area is 194 Å². The van der Waals surface area contributed by atoms with Crippen molar-refractivity contribution in [2.45, 2.75) is 0 Å². The molecule has 0 spiro atoms. The number of ether oxygens (including phenoxy) is 2. The van der Waals surface area contributed by atoms with E-state index in [1.807, 2.05) is 30.3 Å². The Balaban J connectivity index is 1.57. The molecule has 7 heteroatoms. The van der Waals surface area contributed by atoms with E-state index >= 15 is 0 Å². The number of hydrogen-bond donors (Lipinski definition) is 0. The van der Waals surface area contributed by atoms with Gasteiger partial charge < -0.3 is 9.47 Å². The van der Waals surface area contributed by atoms with E-state index < -0.39 is 11.9 Å². The molecule has 0 atom stereocenters. The molecule has 32 heavy (non-hydrogen) atoms. The molecule has 3 aromatic carbocycles. The molecule has 3 aromatic rings. The Bertz CT molecular complexity index is 1280. The number of cyclic esters (lactones) is 1. The topological polar surface area (TPSA) is 65.0 Å². The van der Waals surface area contributed by atoms with Gasteiger partial charge in [-0.2, -0.15) is 0 Å². The van der Waals surface area contributed by atoms with Crippen LogP contribution >= 0.6 is 23.2 Å². The van der Waals surface area contributed by atoms with Crippen LogP contribution in [-0.4, -0.2) is 17.8 Å². The lowest BCUT2D eigenvalue weighted by Gasteiger charge is -2.05. The van der Waals surface area contributed by atoms with Crippen LogP contribution in [-0.2, 0) is 14.3 Å². The van der Waals surface area contributed by atoms with Gasteiger partial charge >= 0.3 is 11.9 Å². The van der Waals surface area contributed by atoms with Gasteiger partial charge in [0.1, 0.15) is 5.75 Å². The molecule has 0 aliphatic carbocycles. The maximum Gasteiger partial charge on any atom is 0.363 e. The molecule has 158 valence electrons. The summed E-state index contributed by atoms with van der Waals surface area (Å²) in [7, 11) is 0. The Morgan fingerprint density at radius 3 is 2.50 bits per heavy atom. The summed E-state index contributed by atoms with van der Waals surface area (Å²) in [6, 6.07) is 21.0. The van der Waals surface area contributed by atoms with Gasteiger partial charge in [-0.15, -0.1) is 0 Å². The van der Waals surface area contributed by atoms with Crippen molar-refractivity contribution in [3.63, 3.8) is 0 Å². The minimum atomic E-state index is -0.642. The van der Waals surface area contributed by atoms with Crippen LogP contribution in [0, 0.1) is 0 Å². The summed E-state index contributed by atoms with van der Waals surface area (Å²) in [5.74, 6) is -0.839. The maximum atomic E-state index is 12.3. The molecule has 0 fully saturated rings. The average molecular weight is 464 g/mol. The number of nitrogens with zero attached hydrogens (tertiary/aromatic N) is 1. The van der Waals surface area contributed by atoms with Gasteiger partial charge in [-0.3, -0.25) is 0 Å². The first-order chi connectivity index (χ1) is 15.5. The Kier molecular flexibility index (Phi) is 6.50. The van der Waals surface area contributed by atoms with Crippen molar-refractivity contribution in [3.8, 4) is 5.75 Å². The second-order valence-corrected chi connectivity index (χ2v) is 7.51. The number of rotatable bonds is 5. The van der Waals surface area contributed by atoms with E-state index in [0.717, 1.165) is 5.56 Å². The van der Waals surface area contributed by atoms with Crippen molar-refractivity contribution in [1.29, 1.82) is 0 Å². The monoisotopic (exact) mass is 463 g/mol. The van der Waals surface area contributed by atoms with Crippen molar-refractivity contribution in [2.75, 3.05) is 0 Å². The Morgan fingerprint density at radius 1 is 0.969 bits per heavy atom. The lowest BCUT2D eigenvalue weighted by molar-refractivity contribution is -0.130. The molecule has 0 N–H and O–H groups in total. The first-order valence-corrected chi connectivity index (χ1v) is 10.3. The molecule has 0 saturated carbocycles. The predicted octanol–water partition coefficient (Wildman–Crippen LogP) is 5.96. The van der Waals surface area contributed by atoms with Crippen LogP contribution in [0.25, 0.3) is 12.2 Å². The number of carbonyl (C=O) groups is 2. The van der Waals surface area contributed by atoms with Crippen molar-refractivity contribution in [1.82, 2.24) is 0 Å². The molecule has 0 saturated heterocycles. The molecule has 0 aromatic heterocycles. The molecule has 0 amide bonds. The normalized spacial score (nSPS) is 14.5. The lowest BCUT2D eigenvalue weighted by Crippen LogP contribution is -2.06. The lowest BCUT2D eigenvalue weighted by atomic mass is 10.1. The third-order valence-corrected chi connectivity index (χ3v) is 4.96. The van der Waals surface area contributed by atoms with E-state index in [9.17, 15) is 9.59 Å². The maximum absolute atomic E-state index is 12.3. The van der Waals surface area contributed by atoms with E-state index in [0.29, 0.717) is 21.2 Å². The smallest absolute Gasteiger partial charge is 0.363 e. The summed E-state index contributed by atoms with van der Waals surface area (Å²) in [4.78, 5) is 28.9. The van der Waals surface area contributed by atoms with Crippen LogP contribution < -0.4 is 4.74 Å². The number of halogens is 2. The number of para-hydroxylation sites is 1. The second kappa shape index (κ2) is 9.64. The Morgan fingerprint density at radius 2 is 1.72 bits per heavy atom. The van der Waals surface area contributed by atoms with Gasteiger partial charge in [-0.05, 0) is 42.0 Å².